The first-order valence-electron chi connectivity index (χ1n) is 7.20. The number of fused-ring (bicyclic) bond motifs is 3. The fraction of sp³-hybridized carbons (Fsp3) is 0.533. The van der Waals surface area contributed by atoms with Crippen LogP contribution >= 0.6 is 11.8 Å². The lowest BCUT2D eigenvalue weighted by atomic mass is 9.89. The summed E-state index contributed by atoms with van der Waals surface area (Å²) < 4.78 is 0. The van der Waals surface area contributed by atoms with Crippen LogP contribution < -0.4 is 4.90 Å². The molecule has 3 heterocycles. The smallest absolute Gasteiger partial charge is 0.407 e. The summed E-state index contributed by atoms with van der Waals surface area (Å²) >= 11 is 2.00. The van der Waals surface area contributed by atoms with Crippen LogP contribution in [0.15, 0.2) is 18.2 Å². The molecule has 5 heteroatoms. The number of amides is 1. The van der Waals surface area contributed by atoms with Crippen LogP contribution in [0.3, 0.4) is 0 Å². The molecule has 1 aromatic rings. The molecule has 20 heavy (non-hydrogen) atoms. The third-order valence-corrected chi connectivity index (χ3v) is 5.81. The van der Waals surface area contributed by atoms with Gasteiger partial charge >= 0.3 is 6.09 Å². The van der Waals surface area contributed by atoms with Gasteiger partial charge in [0, 0.05) is 48.8 Å². The first-order chi connectivity index (χ1) is 9.75. The Labute approximate surface area is 122 Å². The van der Waals surface area contributed by atoms with E-state index < -0.39 is 6.09 Å². The third-order valence-electron chi connectivity index (χ3n) is 4.82. The molecule has 0 unspecified atom stereocenters. The van der Waals surface area contributed by atoms with E-state index in [-0.39, 0.29) is 0 Å². The first-order valence-corrected chi connectivity index (χ1v) is 8.35. The first kappa shape index (κ1) is 12.4. The van der Waals surface area contributed by atoms with Crippen molar-refractivity contribution >= 4 is 23.5 Å². The van der Waals surface area contributed by atoms with Crippen LogP contribution in [-0.4, -0.2) is 47.5 Å². The molecule has 4 nitrogen and oxygen atoms in total. The number of benzene rings is 1. The van der Waals surface area contributed by atoms with Crippen LogP contribution in [-0.2, 0) is 5.75 Å². The molecule has 0 aromatic heterocycles. The minimum absolute atomic E-state index is 0.359. The molecule has 106 valence electrons. The van der Waals surface area contributed by atoms with Gasteiger partial charge in [0.05, 0.1) is 0 Å². The second-order valence-corrected chi connectivity index (χ2v) is 6.90. The molecule has 0 spiro atoms. The van der Waals surface area contributed by atoms with Crippen molar-refractivity contribution in [2.24, 2.45) is 0 Å². The third kappa shape index (κ3) is 1.72. The molecular formula is C15H18N2O2S. The van der Waals surface area contributed by atoms with Gasteiger partial charge in [0.2, 0.25) is 0 Å². The highest BCUT2D eigenvalue weighted by Gasteiger charge is 2.43. The quantitative estimate of drug-likeness (QED) is 0.797. The van der Waals surface area contributed by atoms with Gasteiger partial charge < -0.3 is 14.9 Å². The van der Waals surface area contributed by atoms with Crippen molar-refractivity contribution < 1.29 is 9.90 Å². The van der Waals surface area contributed by atoms with Gasteiger partial charge in [-0.2, -0.15) is 11.8 Å². The Morgan fingerprint density at radius 3 is 3.10 bits per heavy atom. The van der Waals surface area contributed by atoms with Crippen molar-refractivity contribution in [2.75, 3.05) is 30.3 Å². The van der Waals surface area contributed by atoms with Crippen LogP contribution in [0.2, 0.25) is 0 Å². The minimum Gasteiger partial charge on any atom is -0.465 e. The summed E-state index contributed by atoms with van der Waals surface area (Å²) in [5.41, 5.74) is 4.22. The molecule has 3 aliphatic heterocycles. The molecule has 1 fully saturated rings. The summed E-state index contributed by atoms with van der Waals surface area (Å²) in [6.45, 7) is 2.42. The van der Waals surface area contributed by atoms with Crippen molar-refractivity contribution in [3.05, 3.63) is 29.3 Å². The molecule has 0 saturated carbocycles. The van der Waals surface area contributed by atoms with Crippen LogP contribution in [0.25, 0.3) is 0 Å². The molecule has 1 N–H and O–H groups in total. The van der Waals surface area contributed by atoms with E-state index in [0.29, 0.717) is 25.0 Å². The molecule has 1 saturated heterocycles. The summed E-state index contributed by atoms with van der Waals surface area (Å²) in [6, 6.07) is 7.08. The maximum absolute atomic E-state index is 11.2. The Bertz CT molecular complexity index is 563. The van der Waals surface area contributed by atoms with E-state index in [1.54, 1.807) is 4.90 Å². The standard InChI is InChI=1S/C15H18N2O2S/c18-15(19)16-5-4-13-12(8-16)11-3-1-2-10-9-20-7-6-17(13)14(10)11/h1-3,12-13H,4-9H2,(H,18,19)/t12-,13-/m1/s1. The average Bonchev–Trinajstić information content (AvgIpc) is 2.63. The lowest BCUT2D eigenvalue weighted by Gasteiger charge is -2.37. The van der Waals surface area contributed by atoms with E-state index in [2.05, 4.69) is 23.1 Å². The number of rotatable bonds is 0. The number of anilines is 1. The summed E-state index contributed by atoms with van der Waals surface area (Å²) in [5.74, 6) is 2.61. The predicted octanol–water partition coefficient (Wildman–Crippen LogP) is 2.59. The van der Waals surface area contributed by atoms with Gasteiger partial charge in [-0.25, -0.2) is 4.79 Å². The van der Waals surface area contributed by atoms with Gasteiger partial charge in [0.25, 0.3) is 0 Å². The van der Waals surface area contributed by atoms with E-state index in [1.165, 1.54) is 22.6 Å². The molecule has 1 aromatic carbocycles. The predicted molar refractivity (Wildman–Crippen MR) is 80.7 cm³/mol. The summed E-state index contributed by atoms with van der Waals surface area (Å²) in [7, 11) is 0. The molecule has 0 aliphatic carbocycles. The van der Waals surface area contributed by atoms with Crippen LogP contribution in [0.5, 0.6) is 0 Å². The number of likely N-dealkylation sites (tertiary alicyclic amines) is 1. The average molecular weight is 290 g/mol. The fourth-order valence-corrected chi connectivity index (χ4v) is 4.88. The Hall–Kier alpha value is -1.36. The number of nitrogens with zero attached hydrogens (tertiary/aromatic N) is 2. The van der Waals surface area contributed by atoms with Gasteiger partial charge in [-0.3, -0.25) is 0 Å². The van der Waals surface area contributed by atoms with E-state index in [0.717, 1.165) is 18.7 Å². The number of carbonyl (C=O) groups is 1. The van der Waals surface area contributed by atoms with Crippen molar-refractivity contribution in [3.63, 3.8) is 0 Å². The molecule has 0 radical (unpaired) electrons. The highest BCUT2D eigenvalue weighted by atomic mass is 32.2. The molecule has 4 rings (SSSR count). The minimum atomic E-state index is -0.776. The maximum atomic E-state index is 11.2. The largest absolute Gasteiger partial charge is 0.465 e. The van der Waals surface area contributed by atoms with Gasteiger partial charge in [0.1, 0.15) is 0 Å². The van der Waals surface area contributed by atoms with E-state index in [4.69, 9.17) is 0 Å². The summed E-state index contributed by atoms with van der Waals surface area (Å²) in [6.07, 6.45) is 0.178. The lowest BCUT2D eigenvalue weighted by molar-refractivity contribution is 0.127. The van der Waals surface area contributed by atoms with Crippen LogP contribution in [0.1, 0.15) is 23.5 Å². The number of carboxylic acid groups (broad SMARTS) is 1. The molecule has 1 amide bonds. The second-order valence-electron chi connectivity index (χ2n) is 5.79. The van der Waals surface area contributed by atoms with E-state index in [1.807, 2.05) is 11.8 Å². The number of hydrogen-bond donors (Lipinski definition) is 1. The Kier molecular flexibility index (Phi) is 2.84. The van der Waals surface area contributed by atoms with Gasteiger partial charge in [0.15, 0.2) is 0 Å². The summed E-state index contributed by atoms with van der Waals surface area (Å²) in [4.78, 5) is 15.4. The lowest BCUT2D eigenvalue weighted by Crippen LogP contribution is -2.48. The SMILES string of the molecule is O=C(O)N1CC[C@@H]2[C@H](C1)c1cccc3c1N2CCSC3. The molecule has 2 atom stereocenters. The Morgan fingerprint density at radius 2 is 2.25 bits per heavy atom. The number of para-hydroxylation sites is 1. The highest BCUT2D eigenvalue weighted by molar-refractivity contribution is 7.98. The van der Waals surface area contributed by atoms with Gasteiger partial charge in [-0.15, -0.1) is 0 Å². The second kappa shape index (κ2) is 4.58. The van der Waals surface area contributed by atoms with Gasteiger partial charge in [-0.1, -0.05) is 18.2 Å². The zero-order valence-electron chi connectivity index (χ0n) is 11.3. The van der Waals surface area contributed by atoms with Crippen LogP contribution in [0.4, 0.5) is 10.5 Å². The zero-order chi connectivity index (χ0) is 13.7. The van der Waals surface area contributed by atoms with Crippen molar-refractivity contribution in [3.8, 4) is 0 Å². The Morgan fingerprint density at radius 1 is 1.35 bits per heavy atom. The fourth-order valence-electron chi connectivity index (χ4n) is 3.96. The number of piperidine rings is 1. The van der Waals surface area contributed by atoms with E-state index >= 15 is 0 Å². The molecular weight excluding hydrogens is 272 g/mol. The van der Waals surface area contributed by atoms with Crippen LogP contribution in [0, 0.1) is 0 Å². The van der Waals surface area contributed by atoms with Crippen molar-refractivity contribution in [1.82, 2.24) is 4.90 Å². The molecule has 3 aliphatic rings. The van der Waals surface area contributed by atoms with Crippen molar-refractivity contribution in [1.29, 1.82) is 0 Å². The normalized spacial score (nSPS) is 27.8. The molecule has 0 bridgehead atoms. The highest BCUT2D eigenvalue weighted by Crippen LogP contribution is 2.48. The zero-order valence-corrected chi connectivity index (χ0v) is 12.1. The number of hydrogen-bond acceptors (Lipinski definition) is 3. The van der Waals surface area contributed by atoms with Gasteiger partial charge in [-0.05, 0) is 17.5 Å². The maximum Gasteiger partial charge on any atom is 0.407 e. The van der Waals surface area contributed by atoms with Crippen molar-refractivity contribution in [2.45, 2.75) is 24.1 Å². The summed E-state index contributed by atoms with van der Waals surface area (Å²) in [5, 5.41) is 9.25. The monoisotopic (exact) mass is 290 g/mol. The topological polar surface area (TPSA) is 43.8 Å². The van der Waals surface area contributed by atoms with E-state index in [9.17, 15) is 9.90 Å². The number of thioether (sulfide) groups is 1. The Balaban J connectivity index is 1.77.